The fourth-order valence-corrected chi connectivity index (χ4v) is 4.78. The topological polar surface area (TPSA) is 113 Å². The van der Waals surface area contributed by atoms with E-state index < -0.39 is 0 Å². The van der Waals surface area contributed by atoms with Gasteiger partial charge in [-0.3, -0.25) is 24.1 Å². The lowest BCUT2D eigenvalue weighted by molar-refractivity contribution is -0.122. The van der Waals surface area contributed by atoms with E-state index in [1.54, 1.807) is 48.5 Å². The molecule has 0 unspecified atom stereocenters. The van der Waals surface area contributed by atoms with Crippen LogP contribution in [0, 0.1) is 5.92 Å². The molecule has 3 aromatic carbocycles. The van der Waals surface area contributed by atoms with Crippen LogP contribution in [0.5, 0.6) is 0 Å². The SMILES string of the molecule is NC(=O)C1CCN(c2ccccc2NC(=O)c2ccc(CN3C(=O)c4ccccc4C3=O)cc2)CC1. The Labute approximate surface area is 208 Å². The Morgan fingerprint density at radius 3 is 2.03 bits per heavy atom. The molecule has 0 saturated carbocycles. The molecular weight excluding hydrogens is 456 g/mol. The Kier molecular flexibility index (Phi) is 6.25. The summed E-state index contributed by atoms with van der Waals surface area (Å²) in [6.45, 7) is 1.51. The second-order valence-corrected chi connectivity index (χ2v) is 9.07. The van der Waals surface area contributed by atoms with Crippen molar-refractivity contribution < 1.29 is 19.2 Å². The minimum atomic E-state index is -0.311. The van der Waals surface area contributed by atoms with Crippen molar-refractivity contribution in [2.45, 2.75) is 19.4 Å². The van der Waals surface area contributed by atoms with Crippen molar-refractivity contribution in [3.05, 3.63) is 95.1 Å². The van der Waals surface area contributed by atoms with Gasteiger partial charge in [0.05, 0.1) is 29.0 Å². The Morgan fingerprint density at radius 2 is 1.42 bits per heavy atom. The van der Waals surface area contributed by atoms with Crippen molar-refractivity contribution in [1.82, 2.24) is 4.90 Å². The molecule has 0 bridgehead atoms. The minimum Gasteiger partial charge on any atom is -0.370 e. The van der Waals surface area contributed by atoms with Crippen LogP contribution in [0.15, 0.2) is 72.8 Å². The van der Waals surface area contributed by atoms with E-state index >= 15 is 0 Å². The predicted molar refractivity (Wildman–Crippen MR) is 136 cm³/mol. The van der Waals surface area contributed by atoms with Crippen LogP contribution in [0.25, 0.3) is 0 Å². The van der Waals surface area contributed by atoms with E-state index in [-0.39, 0.29) is 36.1 Å². The molecular formula is C28H26N4O4. The van der Waals surface area contributed by atoms with E-state index in [0.29, 0.717) is 48.3 Å². The van der Waals surface area contributed by atoms with Crippen molar-refractivity contribution in [3.63, 3.8) is 0 Å². The molecule has 36 heavy (non-hydrogen) atoms. The van der Waals surface area contributed by atoms with Gasteiger partial charge in [-0.1, -0.05) is 36.4 Å². The summed E-state index contributed by atoms with van der Waals surface area (Å²) in [4.78, 5) is 53.1. The summed E-state index contributed by atoms with van der Waals surface area (Å²) in [6.07, 6.45) is 1.37. The lowest BCUT2D eigenvalue weighted by Crippen LogP contribution is -2.38. The van der Waals surface area contributed by atoms with E-state index in [2.05, 4.69) is 10.2 Å². The van der Waals surface area contributed by atoms with Crippen LogP contribution < -0.4 is 16.0 Å². The normalized spacial score (nSPS) is 15.7. The van der Waals surface area contributed by atoms with Gasteiger partial charge >= 0.3 is 0 Å². The number of para-hydroxylation sites is 2. The molecule has 2 heterocycles. The predicted octanol–water partition coefficient (Wildman–Crippen LogP) is 3.44. The lowest BCUT2D eigenvalue weighted by Gasteiger charge is -2.33. The van der Waals surface area contributed by atoms with Crippen LogP contribution in [0.1, 0.15) is 49.5 Å². The number of carbonyl (C=O) groups is 4. The number of benzene rings is 3. The molecule has 2 aliphatic rings. The zero-order valence-corrected chi connectivity index (χ0v) is 19.6. The summed E-state index contributed by atoms with van der Waals surface area (Å²) >= 11 is 0. The fraction of sp³-hybridized carbons (Fsp3) is 0.214. The third kappa shape index (κ3) is 4.45. The van der Waals surface area contributed by atoms with Gasteiger partial charge in [0.25, 0.3) is 17.7 Å². The number of hydrogen-bond acceptors (Lipinski definition) is 5. The zero-order valence-electron chi connectivity index (χ0n) is 19.6. The number of nitrogens with zero attached hydrogens (tertiary/aromatic N) is 2. The fourth-order valence-electron chi connectivity index (χ4n) is 4.78. The summed E-state index contributed by atoms with van der Waals surface area (Å²) in [5.41, 5.74) is 9.08. The first kappa shape index (κ1) is 23.3. The zero-order chi connectivity index (χ0) is 25.2. The van der Waals surface area contributed by atoms with Gasteiger partial charge < -0.3 is 16.0 Å². The Morgan fingerprint density at radius 1 is 0.833 bits per heavy atom. The van der Waals surface area contributed by atoms with Gasteiger partial charge in [-0.2, -0.15) is 0 Å². The van der Waals surface area contributed by atoms with E-state index in [9.17, 15) is 19.2 Å². The van der Waals surface area contributed by atoms with Crippen molar-refractivity contribution in [3.8, 4) is 0 Å². The summed E-state index contributed by atoms with van der Waals surface area (Å²) in [7, 11) is 0. The van der Waals surface area contributed by atoms with E-state index in [0.717, 1.165) is 11.3 Å². The number of nitrogens with one attached hydrogen (secondary N) is 1. The highest BCUT2D eigenvalue weighted by molar-refractivity contribution is 6.21. The number of carbonyl (C=O) groups excluding carboxylic acids is 4. The van der Waals surface area contributed by atoms with Crippen LogP contribution in [0.2, 0.25) is 0 Å². The minimum absolute atomic E-state index is 0.109. The largest absolute Gasteiger partial charge is 0.370 e. The number of rotatable bonds is 6. The molecule has 5 rings (SSSR count). The van der Waals surface area contributed by atoms with E-state index in [4.69, 9.17) is 5.73 Å². The maximum absolute atomic E-state index is 13.0. The molecule has 8 nitrogen and oxygen atoms in total. The monoisotopic (exact) mass is 482 g/mol. The van der Waals surface area contributed by atoms with Crippen LogP contribution >= 0.6 is 0 Å². The highest BCUT2D eigenvalue weighted by atomic mass is 16.2. The van der Waals surface area contributed by atoms with Gasteiger partial charge in [-0.25, -0.2) is 0 Å². The quantitative estimate of drug-likeness (QED) is 0.523. The van der Waals surface area contributed by atoms with Crippen molar-refractivity contribution in [2.75, 3.05) is 23.3 Å². The molecule has 0 aromatic heterocycles. The molecule has 182 valence electrons. The summed E-state index contributed by atoms with van der Waals surface area (Å²) in [6, 6.07) is 21.2. The summed E-state index contributed by atoms with van der Waals surface area (Å²) in [5.74, 6) is -1.26. The molecule has 3 N–H and O–H groups in total. The molecule has 0 atom stereocenters. The maximum atomic E-state index is 13.0. The van der Waals surface area contributed by atoms with E-state index in [1.807, 2.05) is 24.3 Å². The molecule has 0 radical (unpaired) electrons. The number of anilines is 2. The first-order valence-electron chi connectivity index (χ1n) is 11.9. The van der Waals surface area contributed by atoms with Crippen LogP contribution in [-0.4, -0.2) is 41.6 Å². The van der Waals surface area contributed by atoms with Gasteiger partial charge in [-0.05, 0) is 54.8 Å². The van der Waals surface area contributed by atoms with E-state index in [1.165, 1.54) is 4.90 Å². The average molecular weight is 483 g/mol. The van der Waals surface area contributed by atoms with Gasteiger partial charge in [0.1, 0.15) is 0 Å². The molecule has 0 aliphatic carbocycles. The number of fused-ring (bicyclic) bond motifs is 1. The van der Waals surface area contributed by atoms with Crippen molar-refractivity contribution in [2.24, 2.45) is 11.7 Å². The highest BCUT2D eigenvalue weighted by Crippen LogP contribution is 2.30. The van der Waals surface area contributed by atoms with Crippen LogP contribution in [0.3, 0.4) is 0 Å². The molecule has 1 saturated heterocycles. The third-order valence-electron chi connectivity index (χ3n) is 6.83. The third-order valence-corrected chi connectivity index (χ3v) is 6.83. The second-order valence-electron chi connectivity index (χ2n) is 9.07. The van der Waals surface area contributed by atoms with Crippen molar-refractivity contribution >= 4 is 35.0 Å². The van der Waals surface area contributed by atoms with Crippen LogP contribution in [-0.2, 0) is 11.3 Å². The van der Waals surface area contributed by atoms with Crippen molar-refractivity contribution in [1.29, 1.82) is 0 Å². The van der Waals surface area contributed by atoms with Gasteiger partial charge in [0.15, 0.2) is 0 Å². The second kappa shape index (κ2) is 9.65. The average Bonchev–Trinajstić information content (AvgIpc) is 3.14. The summed E-state index contributed by atoms with van der Waals surface area (Å²) in [5, 5.41) is 2.99. The molecule has 1 fully saturated rings. The van der Waals surface area contributed by atoms with Gasteiger partial charge in [0, 0.05) is 24.6 Å². The highest BCUT2D eigenvalue weighted by Gasteiger charge is 2.35. The first-order chi connectivity index (χ1) is 17.4. The Bertz CT molecular complexity index is 1310. The Balaban J connectivity index is 1.25. The molecule has 3 aromatic rings. The van der Waals surface area contributed by atoms with Crippen LogP contribution in [0.4, 0.5) is 11.4 Å². The smallest absolute Gasteiger partial charge is 0.261 e. The number of imide groups is 1. The van der Waals surface area contributed by atoms with Gasteiger partial charge in [0.2, 0.25) is 5.91 Å². The Hall–Kier alpha value is -4.46. The van der Waals surface area contributed by atoms with Gasteiger partial charge in [-0.15, -0.1) is 0 Å². The number of piperidine rings is 1. The molecule has 4 amide bonds. The number of nitrogens with two attached hydrogens (primary N) is 1. The summed E-state index contributed by atoms with van der Waals surface area (Å²) < 4.78 is 0. The molecule has 2 aliphatic heterocycles. The molecule has 8 heteroatoms. The molecule has 0 spiro atoms. The number of hydrogen-bond donors (Lipinski definition) is 2. The number of primary amides is 1. The standard InChI is InChI=1S/C28H26N4O4/c29-25(33)19-13-15-31(16-14-19)24-8-4-3-7-23(24)30-26(34)20-11-9-18(10-12-20)17-32-27(35)21-5-1-2-6-22(21)28(32)36/h1-12,19H,13-17H2,(H2,29,33)(H,30,34). The first-order valence-corrected chi connectivity index (χ1v) is 11.9. The lowest BCUT2D eigenvalue weighted by atomic mass is 9.96. The maximum Gasteiger partial charge on any atom is 0.261 e. The number of amides is 4.